The lowest BCUT2D eigenvalue weighted by Crippen LogP contribution is -2.27. The van der Waals surface area contributed by atoms with E-state index in [0.29, 0.717) is 17.2 Å². The molecule has 1 atom stereocenters. The monoisotopic (exact) mass is 395 g/mol. The minimum absolute atomic E-state index is 0.0634. The number of fused-ring (bicyclic) bond motifs is 4. The fraction of sp³-hybridized carbons (Fsp3) is 0.458. The molecule has 1 spiro atoms. The zero-order valence-corrected chi connectivity index (χ0v) is 18.0. The second-order valence-corrected chi connectivity index (χ2v) is 9.75. The van der Waals surface area contributed by atoms with Crippen LogP contribution in [0.4, 0.5) is 5.69 Å². The van der Waals surface area contributed by atoms with Crippen molar-refractivity contribution in [2.45, 2.75) is 56.8 Å². The number of nitrogens with two attached hydrogens (primary N) is 1. The first kappa shape index (κ1) is 19.6. The van der Waals surface area contributed by atoms with Crippen LogP contribution in [-0.4, -0.2) is 25.3 Å². The Morgan fingerprint density at radius 3 is 1.83 bits per heavy atom. The van der Waals surface area contributed by atoms with Crippen LogP contribution in [0.25, 0.3) is 0 Å². The largest absolute Gasteiger partial charge is 0.496 e. The van der Waals surface area contributed by atoms with Gasteiger partial charge < -0.3 is 20.3 Å². The summed E-state index contributed by atoms with van der Waals surface area (Å²) in [4.78, 5) is 11.8. The van der Waals surface area contributed by atoms with Crippen molar-refractivity contribution in [3.05, 3.63) is 52.1 Å². The molecule has 0 radical (unpaired) electrons. The van der Waals surface area contributed by atoms with Crippen LogP contribution in [0, 0.1) is 0 Å². The third-order valence-electron chi connectivity index (χ3n) is 6.92. The van der Waals surface area contributed by atoms with E-state index in [1.165, 1.54) is 18.2 Å². The number of nitrogen functional groups attached to an aromatic ring is 1. The first-order chi connectivity index (χ1) is 13.5. The Bertz CT molecular complexity index is 1040. The number of hydrogen-bond donors (Lipinski definition) is 2. The van der Waals surface area contributed by atoms with Crippen LogP contribution in [0.15, 0.2) is 24.3 Å². The normalized spacial score (nSPS) is 23.0. The molecule has 2 aromatic carbocycles. The number of ether oxygens (including phenoxy) is 2. The average Bonchev–Trinajstić information content (AvgIpc) is 2.99. The second-order valence-electron chi connectivity index (χ2n) is 9.75. The minimum Gasteiger partial charge on any atom is -0.496 e. The van der Waals surface area contributed by atoms with Gasteiger partial charge in [-0.2, -0.15) is 0 Å². The van der Waals surface area contributed by atoms with Crippen molar-refractivity contribution in [1.82, 2.24) is 0 Å². The summed E-state index contributed by atoms with van der Waals surface area (Å²) in [6.45, 7) is 8.89. The predicted octanol–water partition coefficient (Wildman–Crippen LogP) is 4.63. The van der Waals surface area contributed by atoms with Crippen LogP contribution in [-0.2, 0) is 16.2 Å². The molecule has 0 unspecified atom stereocenters. The SMILES string of the molecule is COc1cc2c(cc1N)C(C)(C)C[C@@]21CC(C)(C)c2cc(C(=O)O)c(OC)cc21. The van der Waals surface area contributed by atoms with E-state index in [1.54, 1.807) is 7.11 Å². The molecule has 5 nitrogen and oxygen atoms in total. The van der Waals surface area contributed by atoms with E-state index in [1.807, 2.05) is 12.1 Å². The highest BCUT2D eigenvalue weighted by Crippen LogP contribution is 2.64. The van der Waals surface area contributed by atoms with Gasteiger partial charge in [-0.15, -0.1) is 0 Å². The van der Waals surface area contributed by atoms with Gasteiger partial charge in [0.25, 0.3) is 0 Å². The Morgan fingerprint density at radius 2 is 1.34 bits per heavy atom. The Labute approximate surface area is 171 Å². The zero-order valence-electron chi connectivity index (χ0n) is 18.0. The van der Waals surface area contributed by atoms with E-state index in [9.17, 15) is 9.90 Å². The van der Waals surface area contributed by atoms with Gasteiger partial charge in [-0.1, -0.05) is 27.7 Å². The van der Waals surface area contributed by atoms with Gasteiger partial charge in [-0.25, -0.2) is 4.79 Å². The highest BCUT2D eigenvalue weighted by atomic mass is 16.5. The van der Waals surface area contributed by atoms with Crippen molar-refractivity contribution in [2.75, 3.05) is 20.0 Å². The molecule has 0 fully saturated rings. The Morgan fingerprint density at radius 1 is 0.862 bits per heavy atom. The highest BCUT2D eigenvalue weighted by Gasteiger charge is 2.56. The second kappa shape index (κ2) is 5.91. The van der Waals surface area contributed by atoms with E-state index in [2.05, 4.69) is 39.8 Å². The molecule has 0 amide bonds. The van der Waals surface area contributed by atoms with Crippen LogP contribution in [0.3, 0.4) is 0 Å². The van der Waals surface area contributed by atoms with Crippen molar-refractivity contribution < 1.29 is 19.4 Å². The molecule has 0 bridgehead atoms. The summed E-state index contributed by atoms with van der Waals surface area (Å²) in [5.41, 5.74) is 11.3. The molecule has 4 rings (SSSR count). The van der Waals surface area contributed by atoms with Crippen molar-refractivity contribution in [1.29, 1.82) is 0 Å². The quantitative estimate of drug-likeness (QED) is 0.741. The average molecular weight is 395 g/mol. The maximum Gasteiger partial charge on any atom is 0.339 e. The first-order valence-electron chi connectivity index (χ1n) is 9.91. The van der Waals surface area contributed by atoms with Gasteiger partial charge in [0.2, 0.25) is 0 Å². The number of anilines is 1. The lowest BCUT2D eigenvalue weighted by Gasteiger charge is -2.30. The van der Waals surface area contributed by atoms with Crippen molar-refractivity contribution >= 4 is 11.7 Å². The summed E-state index contributed by atoms with van der Waals surface area (Å²) in [5.74, 6) is 0.117. The molecular weight excluding hydrogens is 366 g/mol. The van der Waals surface area contributed by atoms with Gasteiger partial charge in [0.15, 0.2) is 0 Å². The lowest BCUT2D eigenvalue weighted by atomic mass is 9.72. The summed E-state index contributed by atoms with van der Waals surface area (Å²) >= 11 is 0. The van der Waals surface area contributed by atoms with E-state index < -0.39 is 5.97 Å². The smallest absolute Gasteiger partial charge is 0.339 e. The minimum atomic E-state index is -0.969. The Kier molecular flexibility index (Phi) is 4.00. The van der Waals surface area contributed by atoms with Gasteiger partial charge in [0.05, 0.1) is 19.9 Å². The van der Waals surface area contributed by atoms with Crippen LogP contribution < -0.4 is 15.2 Å². The molecule has 29 heavy (non-hydrogen) atoms. The molecule has 2 aliphatic rings. The van der Waals surface area contributed by atoms with Crippen LogP contribution in [0.5, 0.6) is 11.5 Å². The molecule has 0 saturated carbocycles. The van der Waals surface area contributed by atoms with Gasteiger partial charge >= 0.3 is 5.97 Å². The molecule has 154 valence electrons. The van der Waals surface area contributed by atoms with Gasteiger partial charge in [-0.05, 0) is 70.2 Å². The molecule has 0 saturated heterocycles. The first-order valence-corrected chi connectivity index (χ1v) is 9.91. The topological polar surface area (TPSA) is 81.8 Å². The standard InChI is InChI=1S/C24H29NO4/c1-22(2)11-24(16-9-19(28-5)13(21(26)27)7-14(16)22)12-23(3,4)15-8-18(25)20(29-6)10-17(15)24/h7-10H,11-12,25H2,1-6H3,(H,26,27)/t24-/m1/s1. The third kappa shape index (κ3) is 2.56. The van der Waals surface area contributed by atoms with Crippen molar-refractivity contribution in [3.8, 4) is 11.5 Å². The predicted molar refractivity (Wildman–Crippen MR) is 113 cm³/mol. The fourth-order valence-electron chi connectivity index (χ4n) is 5.89. The van der Waals surface area contributed by atoms with E-state index >= 15 is 0 Å². The lowest BCUT2D eigenvalue weighted by molar-refractivity contribution is 0.0693. The molecule has 0 aliphatic heterocycles. The molecular formula is C24H29NO4. The number of benzene rings is 2. The summed E-state index contributed by atoms with van der Waals surface area (Å²) in [5, 5.41) is 9.68. The van der Waals surface area contributed by atoms with Crippen LogP contribution >= 0.6 is 0 Å². The third-order valence-corrected chi connectivity index (χ3v) is 6.92. The zero-order chi connectivity index (χ0) is 21.4. The molecule has 3 N–H and O–H groups in total. The Hall–Kier alpha value is -2.69. The fourth-order valence-corrected chi connectivity index (χ4v) is 5.89. The van der Waals surface area contributed by atoms with E-state index in [4.69, 9.17) is 15.2 Å². The number of carboxylic acids is 1. The van der Waals surface area contributed by atoms with Gasteiger partial charge in [0, 0.05) is 5.41 Å². The molecule has 5 heteroatoms. The van der Waals surface area contributed by atoms with Gasteiger partial charge in [-0.3, -0.25) is 0 Å². The van der Waals surface area contributed by atoms with Gasteiger partial charge in [0.1, 0.15) is 17.1 Å². The molecule has 2 aromatic rings. The number of carbonyl (C=O) groups is 1. The van der Waals surface area contributed by atoms with E-state index in [-0.39, 0.29) is 21.8 Å². The van der Waals surface area contributed by atoms with Crippen molar-refractivity contribution in [3.63, 3.8) is 0 Å². The van der Waals surface area contributed by atoms with Crippen LogP contribution in [0.2, 0.25) is 0 Å². The Balaban J connectivity index is 2.06. The molecule has 0 aromatic heterocycles. The number of carboxylic acid groups (broad SMARTS) is 1. The van der Waals surface area contributed by atoms with E-state index in [0.717, 1.165) is 24.0 Å². The summed E-state index contributed by atoms with van der Waals surface area (Å²) in [6.07, 6.45) is 1.82. The maximum absolute atomic E-state index is 11.8. The summed E-state index contributed by atoms with van der Waals surface area (Å²) in [6, 6.07) is 7.89. The maximum atomic E-state index is 11.8. The number of aromatic carboxylic acids is 1. The van der Waals surface area contributed by atoms with Crippen LogP contribution in [0.1, 0.15) is 73.1 Å². The number of methoxy groups -OCH3 is 2. The number of hydrogen-bond acceptors (Lipinski definition) is 4. The molecule has 0 heterocycles. The summed E-state index contributed by atoms with van der Waals surface area (Å²) in [7, 11) is 3.16. The molecule has 2 aliphatic carbocycles. The number of rotatable bonds is 3. The highest BCUT2D eigenvalue weighted by molar-refractivity contribution is 5.92. The van der Waals surface area contributed by atoms with Crippen molar-refractivity contribution in [2.24, 2.45) is 0 Å². The summed E-state index contributed by atoms with van der Waals surface area (Å²) < 4.78 is 11.0.